The summed E-state index contributed by atoms with van der Waals surface area (Å²) in [6.07, 6.45) is 0. The Morgan fingerprint density at radius 3 is 2.63 bits per heavy atom. The smallest absolute Gasteiger partial charge is 0.338 e. The molecule has 3 rings (SSSR count). The molecule has 0 fully saturated rings. The van der Waals surface area contributed by atoms with Crippen molar-refractivity contribution in [2.45, 2.75) is 13.8 Å². The molecule has 0 aliphatic carbocycles. The van der Waals surface area contributed by atoms with Gasteiger partial charge in [0.05, 0.1) is 36.0 Å². The third-order valence-corrected chi connectivity index (χ3v) is 4.05. The van der Waals surface area contributed by atoms with Gasteiger partial charge in [0.2, 0.25) is 0 Å². The summed E-state index contributed by atoms with van der Waals surface area (Å²) in [5, 5.41) is 3.57. The van der Waals surface area contributed by atoms with E-state index in [9.17, 15) is 9.59 Å². The molecule has 27 heavy (non-hydrogen) atoms. The second-order valence-corrected chi connectivity index (χ2v) is 5.92. The summed E-state index contributed by atoms with van der Waals surface area (Å²) in [7, 11) is 1.52. The highest BCUT2D eigenvalue weighted by Gasteiger charge is 2.15. The average molecular weight is 364 g/mol. The van der Waals surface area contributed by atoms with Crippen molar-refractivity contribution in [1.29, 1.82) is 0 Å². The third kappa shape index (κ3) is 3.89. The van der Waals surface area contributed by atoms with Crippen molar-refractivity contribution < 1.29 is 19.1 Å². The van der Waals surface area contributed by atoms with Crippen molar-refractivity contribution in [3.8, 4) is 5.75 Å². The number of rotatable bonds is 5. The van der Waals surface area contributed by atoms with E-state index in [1.165, 1.54) is 7.11 Å². The van der Waals surface area contributed by atoms with Gasteiger partial charge in [-0.25, -0.2) is 4.79 Å². The summed E-state index contributed by atoms with van der Waals surface area (Å²) < 4.78 is 10.3. The van der Waals surface area contributed by atoms with E-state index < -0.39 is 5.97 Å². The Hall–Kier alpha value is -3.41. The second-order valence-electron chi connectivity index (χ2n) is 5.92. The first-order valence-electron chi connectivity index (χ1n) is 8.56. The van der Waals surface area contributed by atoms with Crippen LogP contribution in [0.1, 0.15) is 33.3 Å². The molecule has 138 valence electrons. The number of fused-ring (bicyclic) bond motifs is 1. The first-order valence-corrected chi connectivity index (χ1v) is 8.56. The predicted octanol–water partition coefficient (Wildman–Crippen LogP) is 3.98. The number of methoxy groups -OCH3 is 1. The molecule has 1 aromatic heterocycles. The Bertz CT molecular complexity index is 1010. The Morgan fingerprint density at radius 2 is 1.89 bits per heavy atom. The molecule has 6 heteroatoms. The van der Waals surface area contributed by atoms with Gasteiger partial charge in [-0.3, -0.25) is 9.78 Å². The number of aromatic nitrogens is 1. The van der Waals surface area contributed by atoms with Crippen LogP contribution < -0.4 is 10.1 Å². The number of carbonyl (C=O) groups is 2. The average Bonchev–Trinajstić information content (AvgIpc) is 2.67. The number of nitrogens with one attached hydrogen (secondary N) is 1. The van der Waals surface area contributed by atoms with Crippen molar-refractivity contribution in [1.82, 2.24) is 4.98 Å². The molecule has 1 N–H and O–H groups in total. The lowest BCUT2D eigenvalue weighted by molar-refractivity contribution is 0.0526. The van der Waals surface area contributed by atoms with Gasteiger partial charge in [0.15, 0.2) is 0 Å². The molecule has 0 aliphatic rings. The minimum absolute atomic E-state index is 0.292. The summed E-state index contributed by atoms with van der Waals surface area (Å²) in [4.78, 5) is 29.3. The standard InChI is InChI=1S/C21H20N2O4/c1-4-27-21(25)14-9-10-17-16(12-14)18(11-13(2)22-17)23-20(24)15-7-5-6-8-19(15)26-3/h5-12H,4H2,1-3H3,(H,22,23,24). The van der Waals surface area contributed by atoms with Gasteiger partial charge in [-0.1, -0.05) is 12.1 Å². The second kappa shape index (κ2) is 7.86. The van der Waals surface area contributed by atoms with Crippen LogP contribution in [0.4, 0.5) is 5.69 Å². The molecule has 0 aliphatic heterocycles. The number of aryl methyl sites for hydroxylation is 1. The summed E-state index contributed by atoms with van der Waals surface area (Å²) in [5.41, 5.74) is 2.83. The number of hydrogen-bond donors (Lipinski definition) is 1. The molecule has 0 saturated carbocycles. The van der Waals surface area contributed by atoms with E-state index in [4.69, 9.17) is 9.47 Å². The minimum atomic E-state index is -0.415. The fourth-order valence-electron chi connectivity index (χ4n) is 2.82. The zero-order valence-corrected chi connectivity index (χ0v) is 15.4. The van der Waals surface area contributed by atoms with Crippen LogP contribution in [0.5, 0.6) is 5.75 Å². The van der Waals surface area contributed by atoms with Gasteiger partial charge < -0.3 is 14.8 Å². The molecule has 0 radical (unpaired) electrons. The Kier molecular flexibility index (Phi) is 5.35. The van der Waals surface area contributed by atoms with E-state index in [1.807, 2.05) is 6.92 Å². The maximum atomic E-state index is 12.8. The monoisotopic (exact) mass is 364 g/mol. The highest BCUT2D eigenvalue weighted by Crippen LogP contribution is 2.26. The first kappa shape index (κ1) is 18.4. The quantitative estimate of drug-likeness (QED) is 0.693. The van der Waals surface area contributed by atoms with Crippen LogP contribution >= 0.6 is 0 Å². The highest BCUT2D eigenvalue weighted by molar-refractivity contribution is 6.10. The van der Waals surface area contributed by atoms with Gasteiger partial charge in [0, 0.05) is 11.1 Å². The van der Waals surface area contributed by atoms with Crippen molar-refractivity contribution in [3.05, 3.63) is 65.4 Å². The zero-order valence-electron chi connectivity index (χ0n) is 15.4. The molecule has 0 bridgehead atoms. The van der Waals surface area contributed by atoms with Crippen LogP contribution in [0.25, 0.3) is 10.9 Å². The third-order valence-electron chi connectivity index (χ3n) is 4.05. The predicted molar refractivity (Wildman–Crippen MR) is 103 cm³/mol. The number of esters is 1. The fraction of sp³-hybridized carbons (Fsp3) is 0.190. The van der Waals surface area contributed by atoms with E-state index >= 15 is 0 Å². The molecule has 0 spiro atoms. The number of benzene rings is 2. The Labute approximate surface area is 157 Å². The van der Waals surface area contributed by atoms with E-state index in [0.717, 1.165) is 5.69 Å². The molecule has 1 amide bonds. The lowest BCUT2D eigenvalue weighted by Crippen LogP contribution is -2.14. The van der Waals surface area contributed by atoms with Crippen molar-refractivity contribution in [2.75, 3.05) is 19.0 Å². The lowest BCUT2D eigenvalue weighted by atomic mass is 10.1. The number of pyridine rings is 1. The molecule has 0 unspecified atom stereocenters. The zero-order chi connectivity index (χ0) is 19.4. The van der Waals surface area contributed by atoms with Gasteiger partial charge in [-0.05, 0) is 50.2 Å². The molecule has 3 aromatic rings. The van der Waals surface area contributed by atoms with Gasteiger partial charge in [0.25, 0.3) is 5.91 Å². The van der Waals surface area contributed by atoms with Crippen molar-refractivity contribution >= 4 is 28.5 Å². The summed E-state index contributed by atoms with van der Waals surface area (Å²) in [6, 6.07) is 13.8. The highest BCUT2D eigenvalue weighted by atomic mass is 16.5. The van der Waals surface area contributed by atoms with E-state index in [0.29, 0.717) is 40.1 Å². The molecule has 0 saturated heterocycles. The molecular formula is C21H20N2O4. The molecule has 0 atom stereocenters. The van der Waals surface area contributed by atoms with Crippen molar-refractivity contribution in [3.63, 3.8) is 0 Å². The maximum absolute atomic E-state index is 12.8. The number of amides is 1. The maximum Gasteiger partial charge on any atom is 0.338 e. The number of para-hydroxylation sites is 1. The van der Waals surface area contributed by atoms with Crippen LogP contribution in [-0.4, -0.2) is 30.6 Å². The number of anilines is 1. The van der Waals surface area contributed by atoms with E-state index in [1.54, 1.807) is 55.5 Å². The first-order chi connectivity index (χ1) is 13.0. The number of nitrogens with zero attached hydrogens (tertiary/aromatic N) is 1. The summed E-state index contributed by atoms with van der Waals surface area (Å²) >= 11 is 0. The number of carbonyl (C=O) groups excluding carboxylic acids is 2. The van der Waals surface area contributed by atoms with Gasteiger partial charge in [-0.2, -0.15) is 0 Å². The van der Waals surface area contributed by atoms with Gasteiger partial charge >= 0.3 is 5.97 Å². The summed E-state index contributed by atoms with van der Waals surface area (Å²) in [6.45, 7) is 3.89. The Morgan fingerprint density at radius 1 is 1.11 bits per heavy atom. The van der Waals surface area contributed by atoms with Crippen LogP contribution in [0, 0.1) is 6.92 Å². The molecule has 6 nitrogen and oxygen atoms in total. The van der Waals surface area contributed by atoms with E-state index in [2.05, 4.69) is 10.3 Å². The van der Waals surface area contributed by atoms with Crippen LogP contribution in [0.3, 0.4) is 0 Å². The van der Waals surface area contributed by atoms with Crippen molar-refractivity contribution in [2.24, 2.45) is 0 Å². The van der Waals surface area contributed by atoms with Gasteiger partial charge in [-0.15, -0.1) is 0 Å². The Balaban J connectivity index is 2.03. The molecule has 1 heterocycles. The van der Waals surface area contributed by atoms with E-state index in [-0.39, 0.29) is 5.91 Å². The van der Waals surface area contributed by atoms with Crippen LogP contribution in [0.2, 0.25) is 0 Å². The number of hydrogen-bond acceptors (Lipinski definition) is 5. The lowest BCUT2D eigenvalue weighted by Gasteiger charge is -2.12. The topological polar surface area (TPSA) is 77.5 Å². The largest absolute Gasteiger partial charge is 0.496 e. The van der Waals surface area contributed by atoms with Crippen LogP contribution in [-0.2, 0) is 4.74 Å². The summed E-state index contributed by atoms with van der Waals surface area (Å²) in [5.74, 6) is -0.236. The SMILES string of the molecule is CCOC(=O)c1ccc2nc(C)cc(NC(=O)c3ccccc3OC)c2c1. The number of ether oxygens (including phenoxy) is 2. The van der Waals surface area contributed by atoms with Crippen LogP contribution in [0.15, 0.2) is 48.5 Å². The molecule has 2 aromatic carbocycles. The normalized spacial score (nSPS) is 10.5. The van der Waals surface area contributed by atoms with Gasteiger partial charge in [0.1, 0.15) is 5.75 Å². The molecular weight excluding hydrogens is 344 g/mol. The fourth-order valence-corrected chi connectivity index (χ4v) is 2.82. The minimum Gasteiger partial charge on any atom is -0.496 e.